The highest BCUT2D eigenvalue weighted by Gasteiger charge is 2.17. The topological polar surface area (TPSA) is 88.2 Å². The van der Waals surface area contributed by atoms with E-state index in [9.17, 15) is 4.79 Å². The summed E-state index contributed by atoms with van der Waals surface area (Å²) in [6.07, 6.45) is -0.331. The fraction of sp³-hybridized carbons (Fsp3) is 0.385. The minimum absolute atomic E-state index is 0.00885. The monoisotopic (exact) mass is 283 g/mol. The van der Waals surface area contributed by atoms with E-state index in [0.29, 0.717) is 16.3 Å². The minimum Gasteiger partial charge on any atom is -0.444 e. The summed E-state index contributed by atoms with van der Waals surface area (Å²) >= 11 is 5.89. The molecule has 104 valence electrons. The van der Waals surface area contributed by atoms with Gasteiger partial charge in [0.2, 0.25) is 0 Å². The van der Waals surface area contributed by atoms with Gasteiger partial charge in [-0.15, -0.1) is 0 Å². The molecule has 0 atom stereocenters. The normalized spacial score (nSPS) is 10.9. The summed E-state index contributed by atoms with van der Waals surface area (Å²) in [4.78, 5) is 11.7. The van der Waals surface area contributed by atoms with Gasteiger partial charge in [-0.2, -0.15) is 0 Å². The quantitative estimate of drug-likeness (QED) is 0.588. The highest BCUT2D eigenvalue weighted by molar-refractivity contribution is 6.31. The van der Waals surface area contributed by atoms with Crippen LogP contribution in [0.25, 0.3) is 0 Å². The molecule has 19 heavy (non-hydrogen) atoms. The van der Waals surface area contributed by atoms with Crippen molar-refractivity contribution in [3.8, 4) is 0 Å². The van der Waals surface area contributed by atoms with Gasteiger partial charge >= 0.3 is 6.09 Å². The van der Waals surface area contributed by atoms with Crippen LogP contribution in [-0.2, 0) is 11.2 Å². The molecule has 0 saturated carbocycles. The third kappa shape index (κ3) is 5.61. The van der Waals surface area contributed by atoms with E-state index in [2.05, 4.69) is 5.32 Å². The maximum absolute atomic E-state index is 11.7. The molecule has 1 rings (SSSR count). The Morgan fingerprint density at radius 1 is 1.47 bits per heavy atom. The predicted molar refractivity (Wildman–Crippen MR) is 76.9 cm³/mol. The van der Waals surface area contributed by atoms with E-state index in [4.69, 9.17) is 27.5 Å². The van der Waals surface area contributed by atoms with Crippen molar-refractivity contribution in [2.45, 2.75) is 32.8 Å². The van der Waals surface area contributed by atoms with Crippen LogP contribution >= 0.6 is 11.6 Å². The van der Waals surface area contributed by atoms with E-state index in [1.807, 2.05) is 0 Å². The Hall–Kier alpha value is -1.75. The Morgan fingerprint density at radius 2 is 2.11 bits per heavy atom. The van der Waals surface area contributed by atoms with E-state index in [1.165, 1.54) is 0 Å². The molecule has 0 aliphatic carbocycles. The van der Waals surface area contributed by atoms with Crippen LogP contribution in [-0.4, -0.2) is 17.5 Å². The molecule has 0 aromatic heterocycles. The standard InChI is InChI=1S/C13H18ClN3O2/c1-13(2,3)19-12(18)17-10-7-9(14)5-4-8(10)6-11(15)16/h4-5,7H,6H2,1-3H3,(H3,15,16)(H,17,18). The number of ether oxygens (including phenoxy) is 1. The van der Waals surface area contributed by atoms with Gasteiger partial charge in [-0.05, 0) is 38.5 Å². The van der Waals surface area contributed by atoms with Crippen molar-refractivity contribution in [2.75, 3.05) is 5.32 Å². The summed E-state index contributed by atoms with van der Waals surface area (Å²) in [5, 5.41) is 10.4. The molecular weight excluding hydrogens is 266 g/mol. The number of nitrogens with one attached hydrogen (secondary N) is 2. The zero-order chi connectivity index (χ0) is 14.6. The van der Waals surface area contributed by atoms with E-state index in [1.54, 1.807) is 39.0 Å². The Kier molecular flexibility index (Phi) is 4.78. The maximum Gasteiger partial charge on any atom is 0.412 e. The summed E-state index contributed by atoms with van der Waals surface area (Å²) in [5.74, 6) is 0.00885. The molecule has 0 heterocycles. The number of rotatable bonds is 3. The van der Waals surface area contributed by atoms with Gasteiger partial charge in [-0.3, -0.25) is 10.7 Å². The molecule has 0 spiro atoms. The third-order valence-electron chi connectivity index (χ3n) is 2.09. The molecule has 0 unspecified atom stereocenters. The van der Waals surface area contributed by atoms with Crippen LogP contribution in [0.2, 0.25) is 5.02 Å². The lowest BCUT2D eigenvalue weighted by Gasteiger charge is -2.20. The van der Waals surface area contributed by atoms with Crippen molar-refractivity contribution in [2.24, 2.45) is 5.73 Å². The molecule has 0 saturated heterocycles. The zero-order valence-electron chi connectivity index (χ0n) is 11.2. The lowest BCUT2D eigenvalue weighted by Crippen LogP contribution is -2.27. The molecule has 0 aliphatic heterocycles. The van der Waals surface area contributed by atoms with E-state index in [0.717, 1.165) is 0 Å². The average molecular weight is 284 g/mol. The predicted octanol–water partition coefficient (Wildman–Crippen LogP) is 3.17. The highest BCUT2D eigenvalue weighted by Crippen LogP contribution is 2.22. The molecular formula is C13H18ClN3O2. The number of anilines is 1. The van der Waals surface area contributed by atoms with E-state index in [-0.39, 0.29) is 12.3 Å². The maximum atomic E-state index is 11.7. The van der Waals surface area contributed by atoms with Crippen LogP contribution < -0.4 is 11.1 Å². The van der Waals surface area contributed by atoms with Crippen LogP contribution in [0.3, 0.4) is 0 Å². The van der Waals surface area contributed by atoms with Crippen molar-refractivity contribution in [1.82, 2.24) is 0 Å². The van der Waals surface area contributed by atoms with Crippen LogP contribution in [0, 0.1) is 5.41 Å². The summed E-state index contributed by atoms with van der Waals surface area (Å²) in [6.45, 7) is 5.34. The number of benzene rings is 1. The summed E-state index contributed by atoms with van der Waals surface area (Å²) in [5.41, 5.74) is 6.00. The van der Waals surface area contributed by atoms with Gasteiger partial charge in [0.1, 0.15) is 5.60 Å². The minimum atomic E-state index is -0.580. The van der Waals surface area contributed by atoms with Gasteiger partial charge in [0.25, 0.3) is 0 Å². The molecule has 1 aromatic carbocycles. The molecule has 1 aromatic rings. The third-order valence-corrected chi connectivity index (χ3v) is 2.32. The lowest BCUT2D eigenvalue weighted by molar-refractivity contribution is 0.0636. The van der Waals surface area contributed by atoms with Gasteiger partial charge in [0.15, 0.2) is 0 Å². The average Bonchev–Trinajstić information content (AvgIpc) is 2.18. The number of hydrogen-bond acceptors (Lipinski definition) is 3. The first kappa shape index (κ1) is 15.3. The summed E-state index contributed by atoms with van der Waals surface area (Å²) in [6, 6.07) is 5.00. The Balaban J connectivity index is 2.89. The summed E-state index contributed by atoms with van der Waals surface area (Å²) < 4.78 is 5.16. The Labute approximate surface area is 117 Å². The summed E-state index contributed by atoms with van der Waals surface area (Å²) in [7, 11) is 0. The van der Waals surface area contributed by atoms with Crippen molar-refractivity contribution in [3.05, 3.63) is 28.8 Å². The van der Waals surface area contributed by atoms with Crippen molar-refractivity contribution >= 4 is 29.2 Å². The van der Waals surface area contributed by atoms with E-state index >= 15 is 0 Å². The number of nitrogens with two attached hydrogens (primary N) is 1. The number of hydrogen-bond donors (Lipinski definition) is 3. The first-order valence-electron chi connectivity index (χ1n) is 5.79. The molecule has 4 N–H and O–H groups in total. The van der Waals surface area contributed by atoms with Crippen molar-refractivity contribution in [1.29, 1.82) is 5.41 Å². The molecule has 1 amide bonds. The highest BCUT2D eigenvalue weighted by atomic mass is 35.5. The Bertz CT molecular complexity index is 495. The molecule has 5 nitrogen and oxygen atoms in total. The largest absolute Gasteiger partial charge is 0.444 e. The molecule has 6 heteroatoms. The van der Waals surface area contributed by atoms with Crippen molar-refractivity contribution in [3.63, 3.8) is 0 Å². The second-order valence-electron chi connectivity index (χ2n) is 5.13. The van der Waals surface area contributed by atoms with E-state index < -0.39 is 11.7 Å². The van der Waals surface area contributed by atoms with Crippen LogP contribution in [0.1, 0.15) is 26.3 Å². The number of amides is 1. The number of amidine groups is 1. The van der Waals surface area contributed by atoms with Gasteiger partial charge in [-0.1, -0.05) is 17.7 Å². The molecule has 0 radical (unpaired) electrons. The molecule has 0 bridgehead atoms. The Morgan fingerprint density at radius 3 is 2.63 bits per heavy atom. The van der Waals surface area contributed by atoms with Gasteiger partial charge in [0.05, 0.1) is 5.84 Å². The number of carbonyl (C=O) groups excluding carboxylic acids is 1. The fourth-order valence-corrected chi connectivity index (χ4v) is 1.61. The zero-order valence-corrected chi connectivity index (χ0v) is 12.0. The SMILES string of the molecule is CC(C)(C)OC(=O)Nc1cc(Cl)ccc1CC(=N)N. The van der Waals surface area contributed by atoms with Crippen molar-refractivity contribution < 1.29 is 9.53 Å². The van der Waals surface area contributed by atoms with Gasteiger partial charge in [-0.25, -0.2) is 4.79 Å². The molecule has 0 aliphatic rings. The van der Waals surface area contributed by atoms with Crippen LogP contribution in [0.5, 0.6) is 0 Å². The number of carbonyl (C=O) groups is 1. The first-order chi connectivity index (χ1) is 8.67. The second kappa shape index (κ2) is 5.93. The van der Waals surface area contributed by atoms with Gasteiger partial charge < -0.3 is 10.5 Å². The van der Waals surface area contributed by atoms with Crippen LogP contribution in [0.4, 0.5) is 10.5 Å². The second-order valence-corrected chi connectivity index (χ2v) is 5.57. The smallest absolute Gasteiger partial charge is 0.412 e. The lowest BCUT2D eigenvalue weighted by atomic mass is 10.1. The van der Waals surface area contributed by atoms with Gasteiger partial charge in [0, 0.05) is 17.1 Å². The fourth-order valence-electron chi connectivity index (χ4n) is 1.44. The molecule has 0 fully saturated rings. The first-order valence-corrected chi connectivity index (χ1v) is 6.16. The number of halogens is 1. The van der Waals surface area contributed by atoms with Crippen LogP contribution in [0.15, 0.2) is 18.2 Å².